The third-order valence-electron chi connectivity index (χ3n) is 2.31. The number of hydrogen-bond acceptors (Lipinski definition) is 3. The fourth-order valence-corrected chi connectivity index (χ4v) is 1.34. The van der Waals surface area contributed by atoms with Gasteiger partial charge >= 0.3 is 0 Å². The van der Waals surface area contributed by atoms with Crippen LogP contribution in [0.25, 0.3) is 0 Å². The van der Waals surface area contributed by atoms with Gasteiger partial charge in [-0.15, -0.1) is 0 Å². The van der Waals surface area contributed by atoms with Crippen molar-refractivity contribution in [3.8, 4) is 0 Å². The normalized spacial score (nSPS) is 12.2. The Kier molecular flexibility index (Phi) is 4.92. The lowest BCUT2D eigenvalue weighted by molar-refractivity contribution is -0.119. The van der Waals surface area contributed by atoms with Gasteiger partial charge in [0.2, 0.25) is 5.91 Å². The van der Waals surface area contributed by atoms with Gasteiger partial charge in [-0.05, 0) is 25.6 Å². The molecule has 0 saturated carbocycles. The van der Waals surface area contributed by atoms with E-state index in [2.05, 4.69) is 15.6 Å². The number of hydrogen-bond donors (Lipinski definition) is 2. The van der Waals surface area contributed by atoms with Gasteiger partial charge in [0, 0.05) is 30.0 Å². The highest BCUT2D eigenvalue weighted by atomic mass is 16.1. The molecule has 1 aromatic heterocycles. The van der Waals surface area contributed by atoms with Crippen molar-refractivity contribution in [1.29, 1.82) is 0 Å². The Morgan fingerprint density at radius 1 is 1.56 bits per heavy atom. The van der Waals surface area contributed by atoms with Crippen LogP contribution in [0, 0.1) is 12.8 Å². The molecule has 1 amide bonds. The molecule has 0 aromatic carbocycles. The minimum Gasteiger partial charge on any atom is -0.326 e. The minimum atomic E-state index is -0.0339. The summed E-state index contributed by atoms with van der Waals surface area (Å²) in [4.78, 5) is 15.8. The topological polar surface area (TPSA) is 54.0 Å². The predicted molar refractivity (Wildman–Crippen MR) is 65.3 cm³/mol. The van der Waals surface area contributed by atoms with Crippen molar-refractivity contribution in [2.75, 3.05) is 18.4 Å². The van der Waals surface area contributed by atoms with E-state index >= 15 is 0 Å². The molecular formula is C12H19N3O. The van der Waals surface area contributed by atoms with Crippen LogP contribution in [0.1, 0.15) is 19.5 Å². The summed E-state index contributed by atoms with van der Waals surface area (Å²) in [6.07, 6.45) is 1.69. The van der Waals surface area contributed by atoms with E-state index < -0.39 is 0 Å². The molecule has 1 heterocycles. The standard InChI is InChI=1S/C12H19N3O/c1-4-13-8-9(2)12(16)15-11-5-6-14-10(3)7-11/h5-7,9,13H,4,8H2,1-3H3,(H,14,15,16). The van der Waals surface area contributed by atoms with E-state index in [4.69, 9.17) is 0 Å². The Balaban J connectivity index is 2.50. The van der Waals surface area contributed by atoms with Crippen LogP contribution in [0.2, 0.25) is 0 Å². The van der Waals surface area contributed by atoms with E-state index in [1.54, 1.807) is 12.3 Å². The molecule has 4 nitrogen and oxygen atoms in total. The van der Waals surface area contributed by atoms with E-state index in [0.717, 1.165) is 17.9 Å². The number of nitrogens with one attached hydrogen (secondary N) is 2. The molecule has 0 saturated heterocycles. The maximum atomic E-state index is 11.8. The van der Waals surface area contributed by atoms with Crippen molar-refractivity contribution in [3.05, 3.63) is 24.0 Å². The zero-order valence-corrected chi connectivity index (χ0v) is 10.1. The maximum absolute atomic E-state index is 11.8. The van der Waals surface area contributed by atoms with Crippen LogP contribution in [0.4, 0.5) is 5.69 Å². The van der Waals surface area contributed by atoms with Gasteiger partial charge in [0.25, 0.3) is 0 Å². The van der Waals surface area contributed by atoms with E-state index in [-0.39, 0.29) is 11.8 Å². The number of amides is 1. The third-order valence-corrected chi connectivity index (χ3v) is 2.31. The fourth-order valence-electron chi connectivity index (χ4n) is 1.34. The van der Waals surface area contributed by atoms with Crippen molar-refractivity contribution >= 4 is 11.6 Å². The van der Waals surface area contributed by atoms with Crippen LogP contribution in [0.3, 0.4) is 0 Å². The number of rotatable bonds is 5. The van der Waals surface area contributed by atoms with Crippen molar-refractivity contribution in [3.63, 3.8) is 0 Å². The van der Waals surface area contributed by atoms with Crippen molar-refractivity contribution in [1.82, 2.24) is 10.3 Å². The Morgan fingerprint density at radius 2 is 2.31 bits per heavy atom. The van der Waals surface area contributed by atoms with Gasteiger partial charge < -0.3 is 10.6 Å². The quantitative estimate of drug-likeness (QED) is 0.793. The molecule has 1 rings (SSSR count). The molecule has 1 aromatic rings. The summed E-state index contributed by atoms with van der Waals surface area (Å²) in [5, 5.41) is 6.03. The molecule has 88 valence electrons. The average molecular weight is 221 g/mol. The number of aryl methyl sites for hydroxylation is 1. The molecule has 0 aliphatic rings. The number of carbonyl (C=O) groups is 1. The van der Waals surface area contributed by atoms with E-state index in [9.17, 15) is 4.79 Å². The zero-order valence-electron chi connectivity index (χ0n) is 10.1. The zero-order chi connectivity index (χ0) is 12.0. The third kappa shape index (κ3) is 3.98. The van der Waals surface area contributed by atoms with Gasteiger partial charge in [-0.3, -0.25) is 9.78 Å². The summed E-state index contributed by atoms with van der Waals surface area (Å²) in [5.74, 6) is -0.0000265. The first kappa shape index (κ1) is 12.6. The van der Waals surface area contributed by atoms with Crippen LogP contribution in [0.15, 0.2) is 18.3 Å². The van der Waals surface area contributed by atoms with Gasteiger partial charge in [0.15, 0.2) is 0 Å². The van der Waals surface area contributed by atoms with E-state index in [1.807, 2.05) is 26.8 Å². The lowest BCUT2D eigenvalue weighted by atomic mass is 10.1. The van der Waals surface area contributed by atoms with Gasteiger partial charge in [-0.1, -0.05) is 13.8 Å². The SMILES string of the molecule is CCNCC(C)C(=O)Nc1ccnc(C)c1. The largest absolute Gasteiger partial charge is 0.326 e. The summed E-state index contributed by atoms with van der Waals surface area (Å²) in [6, 6.07) is 3.66. The van der Waals surface area contributed by atoms with Crippen LogP contribution >= 0.6 is 0 Å². The lowest BCUT2D eigenvalue weighted by Gasteiger charge is -2.12. The van der Waals surface area contributed by atoms with Crippen molar-refractivity contribution < 1.29 is 4.79 Å². The molecule has 2 N–H and O–H groups in total. The fraction of sp³-hybridized carbons (Fsp3) is 0.500. The molecule has 0 aliphatic heterocycles. The van der Waals surface area contributed by atoms with Crippen molar-refractivity contribution in [2.24, 2.45) is 5.92 Å². The Labute approximate surface area is 96.5 Å². The molecule has 16 heavy (non-hydrogen) atoms. The average Bonchev–Trinajstić information content (AvgIpc) is 2.25. The molecule has 0 spiro atoms. The summed E-state index contributed by atoms with van der Waals surface area (Å²) < 4.78 is 0. The highest BCUT2D eigenvalue weighted by Gasteiger charge is 2.11. The second kappa shape index (κ2) is 6.23. The molecule has 0 radical (unpaired) electrons. The molecule has 4 heteroatoms. The molecular weight excluding hydrogens is 202 g/mol. The lowest BCUT2D eigenvalue weighted by Crippen LogP contribution is -2.30. The van der Waals surface area contributed by atoms with Crippen LogP contribution in [-0.2, 0) is 4.79 Å². The maximum Gasteiger partial charge on any atom is 0.228 e. The summed E-state index contributed by atoms with van der Waals surface area (Å²) >= 11 is 0. The van der Waals surface area contributed by atoms with Gasteiger partial charge in [-0.25, -0.2) is 0 Å². The summed E-state index contributed by atoms with van der Waals surface area (Å²) in [7, 11) is 0. The molecule has 1 atom stereocenters. The summed E-state index contributed by atoms with van der Waals surface area (Å²) in [6.45, 7) is 7.42. The molecule has 0 fully saturated rings. The van der Waals surface area contributed by atoms with E-state index in [1.165, 1.54) is 0 Å². The van der Waals surface area contributed by atoms with E-state index in [0.29, 0.717) is 6.54 Å². The first-order chi connectivity index (χ1) is 7.63. The number of nitrogens with zero attached hydrogens (tertiary/aromatic N) is 1. The van der Waals surface area contributed by atoms with Gasteiger partial charge in [0.1, 0.15) is 0 Å². The number of pyridine rings is 1. The molecule has 0 bridgehead atoms. The summed E-state index contributed by atoms with van der Waals surface area (Å²) in [5.41, 5.74) is 1.71. The first-order valence-corrected chi connectivity index (χ1v) is 5.57. The highest BCUT2D eigenvalue weighted by molar-refractivity contribution is 5.92. The predicted octanol–water partition coefficient (Wildman–Crippen LogP) is 1.57. The van der Waals surface area contributed by atoms with Crippen LogP contribution in [0.5, 0.6) is 0 Å². The minimum absolute atomic E-state index is 0.0338. The monoisotopic (exact) mass is 221 g/mol. The Morgan fingerprint density at radius 3 is 2.94 bits per heavy atom. The van der Waals surface area contributed by atoms with Crippen LogP contribution in [-0.4, -0.2) is 24.0 Å². The Bertz CT molecular complexity index is 352. The number of anilines is 1. The molecule has 0 aliphatic carbocycles. The highest BCUT2D eigenvalue weighted by Crippen LogP contribution is 2.08. The van der Waals surface area contributed by atoms with Gasteiger partial charge in [-0.2, -0.15) is 0 Å². The van der Waals surface area contributed by atoms with Crippen molar-refractivity contribution in [2.45, 2.75) is 20.8 Å². The number of carbonyl (C=O) groups excluding carboxylic acids is 1. The first-order valence-electron chi connectivity index (χ1n) is 5.57. The van der Waals surface area contributed by atoms with Crippen LogP contribution < -0.4 is 10.6 Å². The number of aromatic nitrogens is 1. The van der Waals surface area contributed by atoms with Gasteiger partial charge in [0.05, 0.1) is 0 Å². The Hall–Kier alpha value is -1.42. The molecule has 1 unspecified atom stereocenters. The smallest absolute Gasteiger partial charge is 0.228 e. The second-order valence-electron chi connectivity index (χ2n) is 3.88. The second-order valence-corrected chi connectivity index (χ2v) is 3.88.